The van der Waals surface area contributed by atoms with E-state index in [0.717, 1.165) is 17.8 Å². The third-order valence-electron chi connectivity index (χ3n) is 7.37. The molecule has 2 fully saturated rings. The summed E-state index contributed by atoms with van der Waals surface area (Å²) in [6.07, 6.45) is 22.7. The van der Waals surface area contributed by atoms with Crippen LogP contribution < -0.4 is 0 Å². The molecule has 0 aromatic heterocycles. The van der Waals surface area contributed by atoms with Crippen LogP contribution in [-0.4, -0.2) is 12.7 Å². The van der Waals surface area contributed by atoms with Gasteiger partial charge in [0.25, 0.3) is 0 Å². The first kappa shape index (κ1) is 20.3. The van der Waals surface area contributed by atoms with Gasteiger partial charge in [-0.25, -0.2) is 0 Å². The summed E-state index contributed by atoms with van der Waals surface area (Å²) in [6, 6.07) is 0. The zero-order valence-corrected chi connectivity index (χ0v) is 17.0. The average Bonchev–Trinajstić information content (AvgIpc) is 2.63. The van der Waals surface area contributed by atoms with Crippen LogP contribution in [0.1, 0.15) is 117 Å². The molecule has 0 saturated heterocycles. The summed E-state index contributed by atoms with van der Waals surface area (Å²) in [5.74, 6) is 3.10. The van der Waals surface area contributed by atoms with Crippen LogP contribution in [0, 0.1) is 17.8 Å². The third kappa shape index (κ3) is 6.04. The molecule has 2 rings (SSSR count). The zero-order valence-electron chi connectivity index (χ0n) is 17.0. The Morgan fingerprint density at radius 2 is 1.38 bits per heavy atom. The Balaban J connectivity index is 1.69. The quantitative estimate of drug-likeness (QED) is 0.375. The normalized spacial score (nSPS) is 34.4. The highest BCUT2D eigenvalue weighted by Gasteiger charge is 2.38. The van der Waals surface area contributed by atoms with Crippen LogP contribution in [0.4, 0.5) is 0 Å². The van der Waals surface area contributed by atoms with E-state index < -0.39 is 0 Å². The summed E-state index contributed by atoms with van der Waals surface area (Å²) in [4.78, 5) is 0. The van der Waals surface area contributed by atoms with Gasteiger partial charge in [0.2, 0.25) is 0 Å². The molecule has 0 spiro atoms. The van der Waals surface area contributed by atoms with E-state index >= 15 is 0 Å². The molecule has 0 aromatic rings. The lowest BCUT2D eigenvalue weighted by molar-refractivity contribution is -0.0639. The minimum atomic E-state index is 0.238. The first-order valence-corrected chi connectivity index (χ1v) is 11.3. The lowest BCUT2D eigenvalue weighted by Gasteiger charge is -2.43. The van der Waals surface area contributed by atoms with Gasteiger partial charge in [0.15, 0.2) is 0 Å². The van der Waals surface area contributed by atoms with Crippen molar-refractivity contribution in [3.8, 4) is 0 Å². The Bertz CT molecular complexity index is 308. The maximum Gasteiger partial charge on any atom is 0.0679 e. The summed E-state index contributed by atoms with van der Waals surface area (Å²) < 4.78 is 6.07. The van der Waals surface area contributed by atoms with Crippen molar-refractivity contribution in [1.82, 2.24) is 0 Å². The molecule has 142 valence electrons. The Labute approximate surface area is 152 Å². The standard InChI is InChI=1S/C23H44O/c1-4-6-7-8-9-17-23(24-3)18-15-22(16-19-23)21-13-11-20(10-5-2)12-14-21/h20-22H,4-19H2,1-3H3. The van der Waals surface area contributed by atoms with E-state index in [-0.39, 0.29) is 5.60 Å². The third-order valence-corrected chi connectivity index (χ3v) is 7.37. The van der Waals surface area contributed by atoms with E-state index in [2.05, 4.69) is 13.8 Å². The molecule has 2 aliphatic carbocycles. The maximum atomic E-state index is 6.07. The lowest BCUT2D eigenvalue weighted by atomic mass is 9.67. The van der Waals surface area contributed by atoms with Gasteiger partial charge in [-0.15, -0.1) is 0 Å². The largest absolute Gasteiger partial charge is 0.378 e. The monoisotopic (exact) mass is 336 g/mol. The van der Waals surface area contributed by atoms with Crippen LogP contribution in [0.15, 0.2) is 0 Å². The van der Waals surface area contributed by atoms with Gasteiger partial charge in [0.05, 0.1) is 5.60 Å². The molecule has 2 saturated carbocycles. The highest BCUT2D eigenvalue weighted by molar-refractivity contribution is 4.90. The van der Waals surface area contributed by atoms with Crippen LogP contribution in [0.2, 0.25) is 0 Å². The predicted molar refractivity (Wildman–Crippen MR) is 105 cm³/mol. The second-order valence-corrected chi connectivity index (χ2v) is 8.96. The van der Waals surface area contributed by atoms with Crippen molar-refractivity contribution >= 4 is 0 Å². The molecule has 1 heteroatoms. The maximum absolute atomic E-state index is 6.07. The van der Waals surface area contributed by atoms with Crippen molar-refractivity contribution in [1.29, 1.82) is 0 Å². The molecular formula is C23H44O. The molecule has 0 bridgehead atoms. The molecule has 0 N–H and O–H groups in total. The first-order chi connectivity index (χ1) is 11.7. The Morgan fingerprint density at radius 3 is 1.96 bits per heavy atom. The molecule has 0 unspecified atom stereocenters. The van der Waals surface area contributed by atoms with Gasteiger partial charge in [-0.2, -0.15) is 0 Å². The average molecular weight is 337 g/mol. The van der Waals surface area contributed by atoms with E-state index in [9.17, 15) is 0 Å². The molecule has 2 aliphatic rings. The molecule has 1 nitrogen and oxygen atoms in total. The Kier molecular flexibility index (Phi) is 9.16. The topological polar surface area (TPSA) is 9.23 Å². The molecular weight excluding hydrogens is 292 g/mol. The number of rotatable bonds is 10. The van der Waals surface area contributed by atoms with Crippen molar-refractivity contribution in [3.63, 3.8) is 0 Å². The number of hydrogen-bond donors (Lipinski definition) is 0. The van der Waals surface area contributed by atoms with Crippen LogP contribution in [0.5, 0.6) is 0 Å². The smallest absolute Gasteiger partial charge is 0.0679 e. The fourth-order valence-electron chi connectivity index (χ4n) is 5.60. The van der Waals surface area contributed by atoms with Crippen LogP contribution in [0.25, 0.3) is 0 Å². The summed E-state index contributed by atoms with van der Waals surface area (Å²) in [5.41, 5.74) is 0.238. The molecule has 0 amide bonds. The molecule has 0 atom stereocenters. The number of hydrogen-bond acceptors (Lipinski definition) is 1. The van der Waals surface area contributed by atoms with E-state index in [1.165, 1.54) is 103 Å². The molecule has 0 radical (unpaired) electrons. The zero-order chi connectivity index (χ0) is 17.3. The van der Waals surface area contributed by atoms with Crippen molar-refractivity contribution in [2.75, 3.05) is 7.11 Å². The van der Waals surface area contributed by atoms with Crippen LogP contribution in [0.3, 0.4) is 0 Å². The van der Waals surface area contributed by atoms with Gasteiger partial charge in [0.1, 0.15) is 0 Å². The summed E-state index contributed by atoms with van der Waals surface area (Å²) in [7, 11) is 1.97. The van der Waals surface area contributed by atoms with E-state index in [0.29, 0.717) is 0 Å². The SMILES string of the molecule is CCCCCCCC1(OC)CCC(C2CCC(CCC)CC2)CC1. The van der Waals surface area contributed by atoms with Crippen LogP contribution in [-0.2, 0) is 4.74 Å². The predicted octanol–water partition coefficient (Wildman–Crippen LogP) is 7.53. The highest BCUT2D eigenvalue weighted by Crippen LogP contribution is 2.45. The second-order valence-electron chi connectivity index (χ2n) is 8.96. The number of ether oxygens (including phenoxy) is 1. The first-order valence-electron chi connectivity index (χ1n) is 11.3. The highest BCUT2D eigenvalue weighted by atomic mass is 16.5. The van der Waals surface area contributed by atoms with Gasteiger partial charge in [0, 0.05) is 7.11 Å². The minimum absolute atomic E-state index is 0.238. The fraction of sp³-hybridized carbons (Fsp3) is 1.00. The van der Waals surface area contributed by atoms with Gasteiger partial charge in [-0.05, 0) is 62.7 Å². The van der Waals surface area contributed by atoms with Crippen LogP contribution >= 0.6 is 0 Å². The van der Waals surface area contributed by atoms with Crippen molar-refractivity contribution in [3.05, 3.63) is 0 Å². The molecule has 0 heterocycles. The van der Waals surface area contributed by atoms with E-state index in [4.69, 9.17) is 4.74 Å². The van der Waals surface area contributed by atoms with Gasteiger partial charge < -0.3 is 4.74 Å². The van der Waals surface area contributed by atoms with Crippen molar-refractivity contribution < 1.29 is 4.74 Å². The minimum Gasteiger partial charge on any atom is -0.378 e. The lowest BCUT2D eigenvalue weighted by Crippen LogP contribution is -2.38. The second kappa shape index (κ2) is 10.8. The Morgan fingerprint density at radius 1 is 0.750 bits per heavy atom. The number of methoxy groups -OCH3 is 1. The van der Waals surface area contributed by atoms with Gasteiger partial charge >= 0.3 is 0 Å². The fourth-order valence-corrected chi connectivity index (χ4v) is 5.60. The van der Waals surface area contributed by atoms with E-state index in [1.807, 2.05) is 7.11 Å². The van der Waals surface area contributed by atoms with E-state index in [1.54, 1.807) is 0 Å². The molecule has 0 aromatic carbocycles. The summed E-state index contributed by atoms with van der Waals surface area (Å²) >= 11 is 0. The van der Waals surface area contributed by atoms with Gasteiger partial charge in [-0.1, -0.05) is 71.6 Å². The summed E-state index contributed by atoms with van der Waals surface area (Å²) in [5, 5.41) is 0. The molecule has 0 aliphatic heterocycles. The Hall–Kier alpha value is -0.0400. The van der Waals surface area contributed by atoms with Gasteiger partial charge in [-0.3, -0.25) is 0 Å². The van der Waals surface area contributed by atoms with Crippen molar-refractivity contribution in [2.24, 2.45) is 17.8 Å². The summed E-state index contributed by atoms with van der Waals surface area (Å²) in [6.45, 7) is 4.65. The van der Waals surface area contributed by atoms with Crippen molar-refractivity contribution in [2.45, 2.75) is 122 Å². The number of unbranched alkanes of at least 4 members (excludes halogenated alkanes) is 4. The molecule has 24 heavy (non-hydrogen) atoms.